The molecule has 0 saturated carbocycles. The summed E-state index contributed by atoms with van der Waals surface area (Å²) in [5.41, 5.74) is 0.531. The SMILES string of the molecule is CC[C@H](C)C([C@@H](CC(=O)N1CCC[C@H]1[C@H](OC)[C@@H](C)C(=O)C[C@@H](Cc1ccccc1)C(=O)NC(C)(C)C)OC)N(C)C(=O)[C@@H](CC(=O)[C@H](C(C)C)N(C)C(C)C)C(C)C. The minimum atomic E-state index is -0.605. The maximum Gasteiger partial charge on any atom is 0.226 e. The van der Waals surface area contributed by atoms with Crippen molar-refractivity contribution >= 4 is 29.3 Å². The summed E-state index contributed by atoms with van der Waals surface area (Å²) in [6.07, 6.45) is 1.70. The Morgan fingerprint density at radius 1 is 0.847 bits per heavy atom. The van der Waals surface area contributed by atoms with Crippen molar-refractivity contribution in [2.45, 2.75) is 170 Å². The quantitative estimate of drug-likeness (QED) is 0.116. The van der Waals surface area contributed by atoms with Gasteiger partial charge in [-0.2, -0.15) is 0 Å². The summed E-state index contributed by atoms with van der Waals surface area (Å²) in [6.45, 7) is 24.5. The molecule has 1 unspecified atom stereocenters. The lowest BCUT2D eigenvalue weighted by atomic mass is 9.83. The van der Waals surface area contributed by atoms with Gasteiger partial charge in [0.25, 0.3) is 0 Å². The van der Waals surface area contributed by atoms with Crippen molar-refractivity contribution in [3.05, 3.63) is 35.9 Å². The molecular formula is C48H82N4O7. The van der Waals surface area contributed by atoms with Crippen LogP contribution in [0, 0.1) is 35.5 Å². The van der Waals surface area contributed by atoms with Crippen molar-refractivity contribution in [2.24, 2.45) is 35.5 Å². The monoisotopic (exact) mass is 827 g/mol. The van der Waals surface area contributed by atoms with Crippen molar-refractivity contribution in [3.8, 4) is 0 Å². The van der Waals surface area contributed by atoms with Crippen LogP contribution in [0.3, 0.4) is 0 Å². The minimum Gasteiger partial charge on any atom is -0.379 e. The van der Waals surface area contributed by atoms with Crippen molar-refractivity contribution < 1.29 is 33.4 Å². The van der Waals surface area contributed by atoms with Gasteiger partial charge in [-0.25, -0.2) is 0 Å². The first-order valence-corrected chi connectivity index (χ1v) is 22.3. The molecule has 1 aliphatic rings. The Bertz CT molecular complexity index is 1490. The van der Waals surface area contributed by atoms with Crippen LogP contribution >= 0.6 is 0 Å². The molecule has 1 aromatic rings. The van der Waals surface area contributed by atoms with Gasteiger partial charge in [0.2, 0.25) is 17.7 Å². The van der Waals surface area contributed by atoms with E-state index in [2.05, 4.69) is 51.8 Å². The number of rotatable bonds is 24. The molecule has 3 amide bonds. The molecule has 1 aliphatic heterocycles. The van der Waals surface area contributed by atoms with Gasteiger partial charge < -0.3 is 24.6 Å². The second-order valence-electron chi connectivity index (χ2n) is 19.4. The first-order valence-electron chi connectivity index (χ1n) is 22.3. The summed E-state index contributed by atoms with van der Waals surface area (Å²) in [4.78, 5) is 76.0. The van der Waals surface area contributed by atoms with E-state index in [0.717, 1.165) is 18.4 Å². The molecule has 9 atom stereocenters. The predicted molar refractivity (Wildman–Crippen MR) is 237 cm³/mol. The Hall–Kier alpha value is -3.15. The summed E-state index contributed by atoms with van der Waals surface area (Å²) >= 11 is 0. The molecule has 11 heteroatoms. The van der Waals surface area contributed by atoms with Crippen molar-refractivity contribution in [1.82, 2.24) is 20.0 Å². The number of likely N-dealkylation sites (N-methyl/N-ethyl adjacent to an activating group) is 2. The van der Waals surface area contributed by atoms with Gasteiger partial charge in [0.15, 0.2) is 5.78 Å². The van der Waals surface area contributed by atoms with Crippen LogP contribution in [-0.2, 0) is 39.9 Å². The number of nitrogens with one attached hydrogen (secondary N) is 1. The molecule has 1 N–H and O–H groups in total. The number of carbonyl (C=O) groups is 5. The number of hydrogen-bond donors (Lipinski definition) is 1. The van der Waals surface area contributed by atoms with E-state index in [0.29, 0.717) is 19.4 Å². The van der Waals surface area contributed by atoms with Gasteiger partial charge in [-0.05, 0) is 84.2 Å². The van der Waals surface area contributed by atoms with Crippen molar-refractivity contribution in [3.63, 3.8) is 0 Å². The topological polar surface area (TPSA) is 126 Å². The number of nitrogens with zero attached hydrogens (tertiary/aromatic N) is 3. The van der Waals surface area contributed by atoms with Crippen LogP contribution in [0.15, 0.2) is 30.3 Å². The van der Waals surface area contributed by atoms with Gasteiger partial charge in [-0.3, -0.25) is 28.9 Å². The number of carbonyl (C=O) groups excluding carboxylic acids is 5. The van der Waals surface area contributed by atoms with Gasteiger partial charge >= 0.3 is 0 Å². The first kappa shape index (κ1) is 52.0. The molecule has 1 saturated heterocycles. The summed E-state index contributed by atoms with van der Waals surface area (Å²) in [5.74, 6) is -2.05. The van der Waals surface area contributed by atoms with Crippen molar-refractivity contribution in [1.29, 1.82) is 0 Å². The van der Waals surface area contributed by atoms with Crippen LogP contribution in [0.25, 0.3) is 0 Å². The van der Waals surface area contributed by atoms with E-state index in [-0.39, 0.29) is 84.4 Å². The standard InChI is InChI=1S/C48H82N4O7/c1-17-33(8)44(51(14)47(57)37(30(2)3)28-40(54)43(31(4)5)50(13)32(6)7)41(58-15)29-42(55)52-25-21-24-38(52)45(59-16)34(9)39(53)27-36(46(56)49-48(10,11)12)26-35-22-19-18-20-23-35/h18-20,22-23,30-34,36-38,41,43-45H,17,21,24-29H2,1-16H3,(H,49,56)/t33-,34-,36+,37-,38-,41+,43-,44?,45+/m0/s1. The number of benzene rings is 1. The third-order valence-corrected chi connectivity index (χ3v) is 12.8. The fourth-order valence-corrected chi connectivity index (χ4v) is 8.99. The second-order valence-corrected chi connectivity index (χ2v) is 19.4. The van der Waals surface area contributed by atoms with E-state index in [1.54, 1.807) is 26.2 Å². The normalized spacial score (nSPS) is 19.0. The Morgan fingerprint density at radius 3 is 1.95 bits per heavy atom. The summed E-state index contributed by atoms with van der Waals surface area (Å²) in [6, 6.07) is 8.86. The number of amides is 3. The lowest BCUT2D eigenvalue weighted by molar-refractivity contribution is -0.149. The zero-order valence-corrected chi connectivity index (χ0v) is 39.7. The summed E-state index contributed by atoms with van der Waals surface area (Å²) in [5, 5.41) is 3.07. The molecule has 0 aliphatic carbocycles. The molecule has 1 heterocycles. The predicted octanol–water partition coefficient (Wildman–Crippen LogP) is 7.24. The number of ether oxygens (including phenoxy) is 2. The van der Waals surface area contributed by atoms with Gasteiger partial charge in [0.05, 0.1) is 36.8 Å². The molecule has 1 aromatic carbocycles. The minimum absolute atomic E-state index is 0.00115. The van der Waals surface area contributed by atoms with Crippen LogP contribution < -0.4 is 5.32 Å². The Balaban J connectivity index is 2.33. The lowest BCUT2D eigenvalue weighted by Gasteiger charge is -2.41. The molecule has 11 nitrogen and oxygen atoms in total. The average molecular weight is 827 g/mol. The molecule has 0 bridgehead atoms. The van der Waals surface area contributed by atoms with Gasteiger partial charge in [-0.15, -0.1) is 0 Å². The van der Waals surface area contributed by atoms with E-state index in [9.17, 15) is 24.0 Å². The van der Waals surface area contributed by atoms with E-state index < -0.39 is 41.5 Å². The second kappa shape index (κ2) is 23.7. The Labute approximate surface area is 358 Å². The van der Waals surface area contributed by atoms with Gasteiger partial charge in [-0.1, -0.05) is 85.2 Å². The lowest BCUT2D eigenvalue weighted by Crippen LogP contribution is -2.54. The molecule has 2 rings (SSSR count). The highest BCUT2D eigenvalue weighted by molar-refractivity contribution is 5.90. The molecular weight excluding hydrogens is 745 g/mol. The molecule has 59 heavy (non-hydrogen) atoms. The number of hydrogen-bond acceptors (Lipinski definition) is 8. The van der Waals surface area contributed by atoms with Crippen LogP contribution in [0.2, 0.25) is 0 Å². The highest BCUT2D eigenvalue weighted by Crippen LogP contribution is 2.32. The van der Waals surface area contributed by atoms with Crippen LogP contribution in [0.5, 0.6) is 0 Å². The van der Waals surface area contributed by atoms with Crippen LogP contribution in [-0.4, -0.2) is 121 Å². The van der Waals surface area contributed by atoms with Gasteiger partial charge in [0.1, 0.15) is 5.78 Å². The maximum atomic E-state index is 14.5. The fraction of sp³-hybridized carbons (Fsp3) is 0.771. The largest absolute Gasteiger partial charge is 0.379 e. The molecule has 0 spiro atoms. The Morgan fingerprint density at radius 2 is 1.46 bits per heavy atom. The van der Waals surface area contributed by atoms with E-state index in [1.165, 1.54) is 0 Å². The molecule has 0 radical (unpaired) electrons. The van der Waals surface area contributed by atoms with Crippen molar-refractivity contribution in [2.75, 3.05) is 34.9 Å². The maximum absolute atomic E-state index is 14.5. The van der Waals surface area contributed by atoms with Crippen LogP contribution in [0.1, 0.15) is 127 Å². The number of methoxy groups -OCH3 is 2. The summed E-state index contributed by atoms with van der Waals surface area (Å²) < 4.78 is 12.2. The van der Waals surface area contributed by atoms with Crippen LogP contribution in [0.4, 0.5) is 0 Å². The fourth-order valence-electron chi connectivity index (χ4n) is 8.99. The third-order valence-electron chi connectivity index (χ3n) is 12.8. The number of likely N-dealkylation sites (tertiary alicyclic amines) is 1. The molecule has 0 aromatic heterocycles. The average Bonchev–Trinajstić information content (AvgIpc) is 3.65. The van der Waals surface area contributed by atoms with E-state index in [4.69, 9.17) is 9.47 Å². The highest BCUT2D eigenvalue weighted by Gasteiger charge is 2.44. The number of Topliss-reactive ketones (excluding diaryl/α,β-unsaturated/α-hetero) is 2. The summed E-state index contributed by atoms with van der Waals surface area (Å²) in [7, 11) is 6.93. The van der Waals surface area contributed by atoms with E-state index >= 15 is 0 Å². The van der Waals surface area contributed by atoms with Gasteiger partial charge in [0, 0.05) is 70.0 Å². The van der Waals surface area contributed by atoms with E-state index in [1.807, 2.05) is 83.8 Å². The zero-order valence-electron chi connectivity index (χ0n) is 39.7. The smallest absolute Gasteiger partial charge is 0.226 e. The first-order chi connectivity index (χ1) is 27.5. The number of ketones is 2. The molecule has 336 valence electrons. The third kappa shape index (κ3) is 14.8. The Kier molecular flexibility index (Phi) is 20.9. The highest BCUT2D eigenvalue weighted by atomic mass is 16.5. The zero-order chi connectivity index (χ0) is 44.9. The molecule has 1 fully saturated rings.